The molecule has 0 spiro atoms. The molecule has 0 aliphatic carbocycles. The summed E-state index contributed by atoms with van der Waals surface area (Å²) in [5, 5.41) is 7.73. The van der Waals surface area contributed by atoms with Crippen LogP contribution in [0.25, 0.3) is 75.1 Å². The minimum Gasteiger partial charge on any atom is -0.310 e. The Hall–Kier alpha value is -6.48. The van der Waals surface area contributed by atoms with E-state index in [4.69, 9.17) is 0 Å². The summed E-state index contributed by atoms with van der Waals surface area (Å²) >= 11 is 1.88. The van der Waals surface area contributed by atoms with E-state index in [9.17, 15) is 0 Å². The molecule has 0 bridgehead atoms. The number of nitrogens with zero attached hydrogens (tertiary/aromatic N) is 1. The highest BCUT2D eigenvalue weighted by atomic mass is 32.1. The Labute approximate surface area is 307 Å². The van der Waals surface area contributed by atoms with Gasteiger partial charge in [0.25, 0.3) is 0 Å². The van der Waals surface area contributed by atoms with E-state index in [0.29, 0.717) is 0 Å². The summed E-state index contributed by atoms with van der Waals surface area (Å²) in [4.78, 5) is 2.37. The van der Waals surface area contributed by atoms with Crippen molar-refractivity contribution in [3.8, 4) is 33.4 Å². The fraction of sp³-hybridized carbons (Fsp3) is 0. The van der Waals surface area contributed by atoms with Crippen molar-refractivity contribution in [1.82, 2.24) is 0 Å². The van der Waals surface area contributed by atoms with Crippen LogP contribution in [0.4, 0.5) is 17.1 Å². The average Bonchev–Trinajstić information content (AvgIpc) is 3.61. The van der Waals surface area contributed by atoms with Crippen molar-refractivity contribution in [2.45, 2.75) is 0 Å². The van der Waals surface area contributed by atoms with Crippen LogP contribution < -0.4 is 4.90 Å². The van der Waals surface area contributed by atoms with Crippen molar-refractivity contribution in [2.24, 2.45) is 0 Å². The van der Waals surface area contributed by atoms with E-state index in [1.54, 1.807) is 0 Å². The zero-order chi connectivity index (χ0) is 34.4. The van der Waals surface area contributed by atoms with Crippen molar-refractivity contribution < 1.29 is 0 Å². The van der Waals surface area contributed by atoms with Gasteiger partial charge in [0.05, 0.1) is 0 Å². The van der Waals surface area contributed by atoms with Crippen LogP contribution in [0.2, 0.25) is 0 Å². The first-order valence-corrected chi connectivity index (χ1v) is 18.6. The number of thiophene rings is 1. The van der Waals surface area contributed by atoms with Gasteiger partial charge in [-0.05, 0) is 103 Å². The Morgan fingerprint density at radius 3 is 1.71 bits per heavy atom. The molecule has 1 heterocycles. The van der Waals surface area contributed by atoms with Crippen LogP contribution in [-0.4, -0.2) is 0 Å². The van der Waals surface area contributed by atoms with Crippen LogP contribution in [0.1, 0.15) is 0 Å². The third-order valence-electron chi connectivity index (χ3n) is 10.3. The monoisotopic (exact) mass is 679 g/mol. The molecule has 0 aliphatic rings. The predicted octanol–water partition coefficient (Wildman–Crippen LogP) is 14.8. The molecule has 0 radical (unpaired) electrons. The van der Waals surface area contributed by atoms with Gasteiger partial charge in [-0.25, -0.2) is 0 Å². The van der Waals surface area contributed by atoms with Gasteiger partial charge in [0.15, 0.2) is 0 Å². The van der Waals surface area contributed by atoms with E-state index in [1.165, 1.54) is 75.1 Å². The fourth-order valence-corrected chi connectivity index (χ4v) is 8.90. The largest absolute Gasteiger partial charge is 0.310 e. The Bertz CT molecular complexity index is 2890. The molecule has 0 saturated heterocycles. The fourth-order valence-electron chi connectivity index (χ4n) is 7.66. The lowest BCUT2D eigenvalue weighted by molar-refractivity contribution is 1.28. The smallest absolute Gasteiger partial charge is 0.0467 e. The van der Waals surface area contributed by atoms with Crippen LogP contribution in [0.5, 0.6) is 0 Å². The molecule has 0 aliphatic heterocycles. The highest BCUT2D eigenvalue weighted by molar-refractivity contribution is 7.26. The molecular weight excluding hydrogens is 647 g/mol. The summed E-state index contributed by atoms with van der Waals surface area (Å²) in [6.45, 7) is 0. The number of hydrogen-bond acceptors (Lipinski definition) is 2. The van der Waals surface area contributed by atoms with Gasteiger partial charge in [0.2, 0.25) is 0 Å². The van der Waals surface area contributed by atoms with Crippen LogP contribution in [0.15, 0.2) is 200 Å². The zero-order valence-electron chi connectivity index (χ0n) is 28.4. The number of fused-ring (bicyclic) bond motifs is 6. The van der Waals surface area contributed by atoms with E-state index in [1.807, 2.05) is 11.3 Å². The molecule has 0 atom stereocenters. The third kappa shape index (κ3) is 5.33. The summed E-state index contributed by atoms with van der Waals surface area (Å²) in [5.74, 6) is 0. The standard InChI is InChI=1S/C50H33NS/c1-2-10-34(11-3-1)35-22-27-41(28-23-35)51(42-29-24-37(25-30-42)46-17-9-18-48-47-16-6-7-19-49(47)52-50(46)48)43-14-8-13-38(33-43)39-26-31-45-40(32-39)21-20-36-12-4-5-15-44(36)45/h1-33H. The summed E-state index contributed by atoms with van der Waals surface area (Å²) in [6.07, 6.45) is 0. The lowest BCUT2D eigenvalue weighted by Crippen LogP contribution is -2.10. The first-order valence-electron chi connectivity index (χ1n) is 17.8. The second-order valence-electron chi connectivity index (χ2n) is 13.3. The Balaban J connectivity index is 1.07. The molecule has 0 unspecified atom stereocenters. The zero-order valence-corrected chi connectivity index (χ0v) is 29.2. The molecule has 10 aromatic rings. The minimum atomic E-state index is 1.11. The van der Waals surface area contributed by atoms with Crippen molar-refractivity contribution in [1.29, 1.82) is 0 Å². The van der Waals surface area contributed by atoms with Crippen molar-refractivity contribution >= 4 is 70.1 Å². The van der Waals surface area contributed by atoms with Gasteiger partial charge in [-0.2, -0.15) is 0 Å². The van der Waals surface area contributed by atoms with Gasteiger partial charge in [-0.3, -0.25) is 0 Å². The Morgan fingerprint density at radius 1 is 0.308 bits per heavy atom. The molecular formula is C50H33NS. The number of rotatable bonds is 6. The van der Waals surface area contributed by atoms with Gasteiger partial charge in [-0.15, -0.1) is 11.3 Å². The van der Waals surface area contributed by atoms with Gasteiger partial charge < -0.3 is 4.90 Å². The molecule has 0 amide bonds. The van der Waals surface area contributed by atoms with Gasteiger partial charge in [0.1, 0.15) is 0 Å². The average molecular weight is 680 g/mol. The first kappa shape index (κ1) is 30.4. The highest BCUT2D eigenvalue weighted by Crippen LogP contribution is 2.42. The van der Waals surface area contributed by atoms with E-state index >= 15 is 0 Å². The van der Waals surface area contributed by atoms with Crippen LogP contribution >= 0.6 is 11.3 Å². The van der Waals surface area contributed by atoms with Crippen LogP contribution in [0, 0.1) is 0 Å². The molecule has 0 fully saturated rings. The number of benzene rings is 9. The maximum atomic E-state index is 2.37. The van der Waals surface area contributed by atoms with Crippen molar-refractivity contribution in [3.63, 3.8) is 0 Å². The number of hydrogen-bond donors (Lipinski definition) is 0. The first-order chi connectivity index (χ1) is 25.8. The maximum Gasteiger partial charge on any atom is 0.0467 e. The lowest BCUT2D eigenvalue weighted by Gasteiger charge is -2.26. The third-order valence-corrected chi connectivity index (χ3v) is 11.5. The highest BCUT2D eigenvalue weighted by Gasteiger charge is 2.16. The summed E-state index contributed by atoms with van der Waals surface area (Å²) in [5.41, 5.74) is 10.6. The Kier molecular flexibility index (Phi) is 7.41. The van der Waals surface area contributed by atoms with Crippen LogP contribution in [0.3, 0.4) is 0 Å². The molecule has 1 aromatic heterocycles. The molecule has 9 aromatic carbocycles. The van der Waals surface area contributed by atoms with E-state index < -0.39 is 0 Å². The predicted molar refractivity (Wildman–Crippen MR) is 225 cm³/mol. The summed E-state index contributed by atoms with van der Waals surface area (Å²) in [6, 6.07) is 72.9. The molecule has 0 N–H and O–H groups in total. The second-order valence-corrected chi connectivity index (χ2v) is 14.4. The van der Waals surface area contributed by atoms with E-state index in [2.05, 4.69) is 205 Å². The van der Waals surface area contributed by atoms with Crippen molar-refractivity contribution in [2.75, 3.05) is 4.90 Å². The topological polar surface area (TPSA) is 3.24 Å². The SMILES string of the molecule is c1ccc(-c2ccc(N(c3ccc(-c4cccc5c4sc4ccccc45)cc3)c3cccc(-c4ccc5c(ccc6ccccc65)c4)c3)cc2)cc1. The lowest BCUT2D eigenvalue weighted by atomic mass is 9.97. The molecule has 2 heteroatoms. The molecule has 1 nitrogen and oxygen atoms in total. The molecule has 52 heavy (non-hydrogen) atoms. The second kappa shape index (κ2) is 12.7. The minimum absolute atomic E-state index is 1.11. The van der Waals surface area contributed by atoms with E-state index in [0.717, 1.165) is 17.1 Å². The van der Waals surface area contributed by atoms with Crippen molar-refractivity contribution in [3.05, 3.63) is 200 Å². The molecule has 244 valence electrons. The summed E-state index contributed by atoms with van der Waals surface area (Å²) < 4.78 is 2.66. The molecule has 10 rings (SSSR count). The normalized spacial score (nSPS) is 11.5. The quantitative estimate of drug-likeness (QED) is 0.158. The number of anilines is 3. The molecule has 0 saturated carbocycles. The van der Waals surface area contributed by atoms with Gasteiger partial charge in [-0.1, -0.05) is 152 Å². The maximum absolute atomic E-state index is 2.37. The van der Waals surface area contributed by atoms with Crippen LogP contribution in [-0.2, 0) is 0 Å². The van der Waals surface area contributed by atoms with Gasteiger partial charge >= 0.3 is 0 Å². The van der Waals surface area contributed by atoms with Gasteiger partial charge in [0, 0.05) is 37.2 Å². The Morgan fingerprint density at radius 2 is 0.885 bits per heavy atom. The van der Waals surface area contributed by atoms with E-state index in [-0.39, 0.29) is 0 Å². The summed E-state index contributed by atoms with van der Waals surface area (Å²) in [7, 11) is 0.